The summed E-state index contributed by atoms with van der Waals surface area (Å²) in [4.78, 5) is 4.43. The summed E-state index contributed by atoms with van der Waals surface area (Å²) in [6.07, 6.45) is 0.529. The predicted molar refractivity (Wildman–Crippen MR) is 81.8 cm³/mol. The van der Waals surface area contributed by atoms with Gasteiger partial charge >= 0.3 is 0 Å². The number of hydrogen-bond acceptors (Lipinski definition) is 4. The molecule has 0 atom stereocenters. The number of hydrogen-bond donors (Lipinski definition) is 0. The van der Waals surface area contributed by atoms with Crippen LogP contribution in [-0.4, -0.2) is 42.7 Å². The summed E-state index contributed by atoms with van der Waals surface area (Å²) in [6.45, 7) is 2.69. The topological polar surface area (TPSA) is 59.5 Å². The van der Waals surface area contributed by atoms with Gasteiger partial charge in [0.1, 0.15) is 6.10 Å². The largest absolute Gasteiger partial charge is 0.472 e. The van der Waals surface area contributed by atoms with Gasteiger partial charge in [0, 0.05) is 11.5 Å². The molecule has 0 aliphatic carbocycles. The molecule has 0 bridgehead atoms. The summed E-state index contributed by atoms with van der Waals surface area (Å²) in [6, 6.07) is 11.6. The molecule has 1 aromatic carbocycles. The number of para-hydroxylation sites is 1. The van der Waals surface area contributed by atoms with Gasteiger partial charge in [-0.25, -0.2) is 13.4 Å². The van der Waals surface area contributed by atoms with Gasteiger partial charge in [-0.05, 0) is 18.6 Å². The van der Waals surface area contributed by atoms with Crippen LogP contribution in [0.5, 0.6) is 5.88 Å². The standard InChI is InChI=1S/C15H18N2O3S/c1-2-9-21(18,19)17-10-13(11-17)20-15-8-7-12-5-3-4-6-14(12)16-15/h3-8,13H,2,9-11H2,1H3. The third kappa shape index (κ3) is 3.01. The van der Waals surface area contributed by atoms with E-state index in [4.69, 9.17) is 4.74 Å². The summed E-state index contributed by atoms with van der Waals surface area (Å²) >= 11 is 0. The van der Waals surface area contributed by atoms with Crippen molar-refractivity contribution >= 4 is 20.9 Å². The first kappa shape index (κ1) is 14.3. The molecule has 2 aromatic rings. The van der Waals surface area contributed by atoms with Gasteiger partial charge in [-0.1, -0.05) is 25.1 Å². The van der Waals surface area contributed by atoms with Gasteiger partial charge in [-0.2, -0.15) is 4.31 Å². The van der Waals surface area contributed by atoms with Crippen molar-refractivity contribution in [1.29, 1.82) is 0 Å². The van der Waals surface area contributed by atoms with E-state index in [1.165, 1.54) is 4.31 Å². The highest BCUT2D eigenvalue weighted by Crippen LogP contribution is 2.22. The first-order valence-corrected chi connectivity index (χ1v) is 8.69. The van der Waals surface area contributed by atoms with Crippen LogP contribution >= 0.6 is 0 Å². The van der Waals surface area contributed by atoms with Crippen LogP contribution in [0.1, 0.15) is 13.3 Å². The van der Waals surface area contributed by atoms with E-state index in [1.807, 2.05) is 43.3 Å². The van der Waals surface area contributed by atoms with Gasteiger partial charge in [-0.15, -0.1) is 0 Å². The molecule has 5 nitrogen and oxygen atoms in total. The summed E-state index contributed by atoms with van der Waals surface area (Å²) in [5.74, 6) is 0.750. The lowest BCUT2D eigenvalue weighted by molar-refractivity contribution is 0.0724. The van der Waals surface area contributed by atoms with Crippen molar-refractivity contribution in [1.82, 2.24) is 9.29 Å². The number of sulfonamides is 1. The third-order valence-electron chi connectivity index (χ3n) is 3.53. The Balaban J connectivity index is 1.63. The zero-order valence-corrected chi connectivity index (χ0v) is 12.7. The fourth-order valence-corrected chi connectivity index (χ4v) is 3.93. The van der Waals surface area contributed by atoms with E-state index >= 15 is 0 Å². The minimum atomic E-state index is -3.10. The number of aromatic nitrogens is 1. The Hall–Kier alpha value is -1.66. The van der Waals surface area contributed by atoms with Gasteiger partial charge in [0.2, 0.25) is 15.9 Å². The molecule has 0 unspecified atom stereocenters. The Morgan fingerprint density at radius 3 is 2.76 bits per heavy atom. The van der Waals surface area contributed by atoms with Gasteiger partial charge in [-0.3, -0.25) is 0 Å². The van der Waals surface area contributed by atoms with Crippen LogP contribution in [0.2, 0.25) is 0 Å². The van der Waals surface area contributed by atoms with E-state index in [9.17, 15) is 8.42 Å². The van der Waals surface area contributed by atoms with Crippen LogP contribution in [0.15, 0.2) is 36.4 Å². The molecule has 3 rings (SSSR count). The fraction of sp³-hybridized carbons (Fsp3) is 0.400. The zero-order chi connectivity index (χ0) is 14.9. The van der Waals surface area contributed by atoms with Crippen LogP contribution in [0.25, 0.3) is 10.9 Å². The van der Waals surface area contributed by atoms with E-state index in [2.05, 4.69) is 4.98 Å². The molecule has 112 valence electrons. The Morgan fingerprint density at radius 1 is 1.24 bits per heavy atom. The molecular weight excluding hydrogens is 288 g/mol. The summed E-state index contributed by atoms with van der Waals surface area (Å²) in [5.41, 5.74) is 0.879. The predicted octanol–water partition coefficient (Wildman–Crippen LogP) is 2.04. The number of fused-ring (bicyclic) bond motifs is 1. The molecule has 6 heteroatoms. The average molecular weight is 306 g/mol. The highest BCUT2D eigenvalue weighted by Gasteiger charge is 2.36. The number of benzene rings is 1. The second-order valence-electron chi connectivity index (χ2n) is 5.22. The normalized spacial score (nSPS) is 16.8. The Morgan fingerprint density at radius 2 is 2.00 bits per heavy atom. The molecule has 0 radical (unpaired) electrons. The van der Waals surface area contributed by atoms with Crippen LogP contribution in [0.3, 0.4) is 0 Å². The van der Waals surface area contributed by atoms with Crippen LogP contribution in [0.4, 0.5) is 0 Å². The van der Waals surface area contributed by atoms with E-state index in [-0.39, 0.29) is 11.9 Å². The lowest BCUT2D eigenvalue weighted by Crippen LogP contribution is -2.56. The molecular formula is C15H18N2O3S. The van der Waals surface area contributed by atoms with E-state index in [0.29, 0.717) is 25.4 Å². The van der Waals surface area contributed by atoms with Crippen molar-refractivity contribution in [2.75, 3.05) is 18.8 Å². The number of ether oxygens (including phenoxy) is 1. The lowest BCUT2D eigenvalue weighted by Gasteiger charge is -2.37. The van der Waals surface area contributed by atoms with Gasteiger partial charge in [0.05, 0.1) is 24.4 Å². The lowest BCUT2D eigenvalue weighted by atomic mass is 10.2. The molecule has 1 aliphatic rings. The second-order valence-corrected chi connectivity index (χ2v) is 7.30. The highest BCUT2D eigenvalue weighted by atomic mass is 32.2. The molecule has 0 amide bonds. The number of rotatable bonds is 5. The number of nitrogens with zero attached hydrogens (tertiary/aromatic N) is 2. The van der Waals surface area contributed by atoms with Crippen molar-refractivity contribution in [3.05, 3.63) is 36.4 Å². The minimum absolute atomic E-state index is 0.106. The zero-order valence-electron chi connectivity index (χ0n) is 11.9. The van der Waals surface area contributed by atoms with Crippen molar-refractivity contribution < 1.29 is 13.2 Å². The summed E-state index contributed by atoms with van der Waals surface area (Å²) in [5, 5.41) is 1.06. The average Bonchev–Trinajstić information content (AvgIpc) is 2.42. The summed E-state index contributed by atoms with van der Waals surface area (Å²) < 4.78 is 30.9. The molecule has 0 spiro atoms. The molecule has 0 saturated carbocycles. The first-order chi connectivity index (χ1) is 10.1. The van der Waals surface area contributed by atoms with Crippen LogP contribution in [0, 0.1) is 0 Å². The highest BCUT2D eigenvalue weighted by molar-refractivity contribution is 7.89. The molecule has 1 aromatic heterocycles. The van der Waals surface area contributed by atoms with Crippen molar-refractivity contribution in [2.24, 2.45) is 0 Å². The van der Waals surface area contributed by atoms with E-state index in [1.54, 1.807) is 0 Å². The van der Waals surface area contributed by atoms with Gasteiger partial charge in [0.25, 0.3) is 0 Å². The summed E-state index contributed by atoms with van der Waals surface area (Å²) in [7, 11) is -3.10. The fourth-order valence-electron chi connectivity index (χ4n) is 2.37. The van der Waals surface area contributed by atoms with E-state index in [0.717, 1.165) is 10.9 Å². The van der Waals surface area contributed by atoms with Gasteiger partial charge in [0.15, 0.2) is 0 Å². The molecule has 1 aliphatic heterocycles. The van der Waals surface area contributed by atoms with Gasteiger partial charge < -0.3 is 4.74 Å². The monoisotopic (exact) mass is 306 g/mol. The minimum Gasteiger partial charge on any atom is -0.472 e. The Labute approximate surface area is 124 Å². The van der Waals surface area contributed by atoms with Crippen molar-refractivity contribution in [3.63, 3.8) is 0 Å². The molecule has 2 heterocycles. The van der Waals surface area contributed by atoms with E-state index < -0.39 is 10.0 Å². The maximum absolute atomic E-state index is 11.8. The maximum Gasteiger partial charge on any atom is 0.214 e. The molecule has 0 N–H and O–H groups in total. The van der Waals surface area contributed by atoms with Crippen molar-refractivity contribution in [3.8, 4) is 5.88 Å². The van der Waals surface area contributed by atoms with Crippen LogP contribution < -0.4 is 4.74 Å². The number of pyridine rings is 1. The SMILES string of the molecule is CCCS(=O)(=O)N1CC(Oc2ccc3ccccc3n2)C1. The third-order valence-corrected chi connectivity index (χ3v) is 5.54. The molecule has 1 fully saturated rings. The quantitative estimate of drug-likeness (QED) is 0.848. The molecule has 1 saturated heterocycles. The maximum atomic E-state index is 11.8. The van der Waals surface area contributed by atoms with Crippen molar-refractivity contribution in [2.45, 2.75) is 19.4 Å². The second kappa shape index (κ2) is 5.61. The Kier molecular flexibility index (Phi) is 3.82. The van der Waals surface area contributed by atoms with Crippen LogP contribution in [-0.2, 0) is 10.0 Å². The smallest absolute Gasteiger partial charge is 0.214 e. The Bertz CT molecular complexity index is 739. The molecule has 21 heavy (non-hydrogen) atoms. The first-order valence-electron chi connectivity index (χ1n) is 7.09.